The van der Waals surface area contributed by atoms with Crippen LogP contribution in [0, 0.1) is 0 Å². The summed E-state index contributed by atoms with van der Waals surface area (Å²) in [5.74, 6) is 0.101. The topological polar surface area (TPSA) is 49.7 Å². The summed E-state index contributed by atoms with van der Waals surface area (Å²) in [6, 6.07) is 3.67. The van der Waals surface area contributed by atoms with Crippen molar-refractivity contribution >= 4 is 34.7 Å². The van der Waals surface area contributed by atoms with Crippen LogP contribution in [0.3, 0.4) is 0 Å². The third kappa shape index (κ3) is 3.76. The van der Waals surface area contributed by atoms with E-state index in [1.807, 2.05) is 33.8 Å². The van der Waals surface area contributed by atoms with Crippen LogP contribution in [0.25, 0.3) is 0 Å². The van der Waals surface area contributed by atoms with Crippen molar-refractivity contribution in [3.8, 4) is 0 Å². The Bertz CT molecular complexity index is 650. The van der Waals surface area contributed by atoms with Gasteiger partial charge in [-0.05, 0) is 56.5 Å². The summed E-state index contributed by atoms with van der Waals surface area (Å²) in [5.41, 5.74) is 2.76. The average molecular weight is 341 g/mol. The maximum absolute atomic E-state index is 12.1. The largest absolute Gasteiger partial charge is 0.338 e. The van der Waals surface area contributed by atoms with Gasteiger partial charge >= 0.3 is 0 Å². The Kier molecular flexibility index (Phi) is 5.07. The van der Waals surface area contributed by atoms with Gasteiger partial charge in [-0.1, -0.05) is 11.6 Å². The molecule has 2 rings (SSSR count). The van der Waals surface area contributed by atoms with Crippen LogP contribution in [0.4, 0.5) is 0 Å². The normalized spacial score (nSPS) is 17.0. The standard InChI is InChI=1S/C16H21ClN2O2S/c1-5-19-10-12-7-13(17)6-11(14(12)8-15(19)20)9-18-22(21)16(2,3)4/h6-7,9H,5,8,10H2,1-4H3/t22-/m0/s1. The van der Waals surface area contributed by atoms with Gasteiger partial charge in [-0.15, -0.1) is 0 Å². The third-order valence-electron chi connectivity index (χ3n) is 3.58. The fourth-order valence-electron chi connectivity index (χ4n) is 2.30. The van der Waals surface area contributed by atoms with Crippen molar-refractivity contribution in [1.29, 1.82) is 0 Å². The minimum absolute atomic E-state index is 0.101. The van der Waals surface area contributed by atoms with Gasteiger partial charge in [0.1, 0.15) is 11.0 Å². The molecule has 1 aliphatic rings. The molecule has 0 N–H and O–H groups in total. The average Bonchev–Trinajstić information content (AvgIpc) is 2.43. The van der Waals surface area contributed by atoms with Crippen molar-refractivity contribution in [2.75, 3.05) is 6.54 Å². The lowest BCUT2D eigenvalue weighted by Crippen LogP contribution is -2.36. The quantitative estimate of drug-likeness (QED) is 0.794. The van der Waals surface area contributed by atoms with Gasteiger partial charge in [0.25, 0.3) is 0 Å². The highest BCUT2D eigenvalue weighted by Crippen LogP contribution is 2.26. The second-order valence-electron chi connectivity index (χ2n) is 6.31. The summed E-state index contributed by atoms with van der Waals surface area (Å²) in [6.45, 7) is 8.82. The first kappa shape index (κ1) is 17.2. The molecule has 0 unspecified atom stereocenters. The van der Waals surface area contributed by atoms with Gasteiger partial charge in [-0.25, -0.2) is 4.21 Å². The van der Waals surface area contributed by atoms with E-state index in [1.165, 1.54) is 0 Å². The van der Waals surface area contributed by atoms with Gasteiger partial charge in [0.15, 0.2) is 0 Å². The minimum atomic E-state index is -1.33. The van der Waals surface area contributed by atoms with Crippen LogP contribution < -0.4 is 0 Å². The van der Waals surface area contributed by atoms with E-state index in [0.29, 0.717) is 24.5 Å². The molecular weight excluding hydrogens is 320 g/mol. The van der Waals surface area contributed by atoms with E-state index in [1.54, 1.807) is 17.2 Å². The number of carbonyl (C=O) groups excluding carboxylic acids is 1. The van der Waals surface area contributed by atoms with Gasteiger partial charge in [0.2, 0.25) is 5.91 Å². The first-order valence-corrected chi connectivity index (χ1v) is 8.76. The summed E-state index contributed by atoms with van der Waals surface area (Å²) in [6.07, 6.45) is 1.92. The summed E-state index contributed by atoms with van der Waals surface area (Å²) in [7, 11) is -1.33. The molecular formula is C16H21ClN2O2S. The molecule has 0 saturated carbocycles. The van der Waals surface area contributed by atoms with Gasteiger partial charge in [0.05, 0.1) is 11.2 Å². The van der Waals surface area contributed by atoms with Gasteiger partial charge in [0, 0.05) is 24.3 Å². The van der Waals surface area contributed by atoms with Crippen molar-refractivity contribution in [2.45, 2.75) is 45.4 Å². The van der Waals surface area contributed by atoms with Crippen LogP contribution in [0.5, 0.6) is 0 Å². The predicted octanol–water partition coefficient (Wildman–Crippen LogP) is 3.13. The van der Waals surface area contributed by atoms with Crippen molar-refractivity contribution in [1.82, 2.24) is 4.90 Å². The van der Waals surface area contributed by atoms with Gasteiger partial charge in [-0.2, -0.15) is 4.40 Å². The minimum Gasteiger partial charge on any atom is -0.338 e. The van der Waals surface area contributed by atoms with Crippen LogP contribution in [0.15, 0.2) is 16.5 Å². The molecule has 0 radical (unpaired) electrons. The molecule has 6 heteroatoms. The van der Waals surface area contributed by atoms with Crippen molar-refractivity contribution in [3.05, 3.63) is 33.8 Å². The molecule has 0 bridgehead atoms. The molecule has 0 aliphatic carbocycles. The molecule has 1 aromatic carbocycles. The van der Waals surface area contributed by atoms with Crippen molar-refractivity contribution in [2.24, 2.45) is 4.40 Å². The molecule has 0 fully saturated rings. The Morgan fingerprint density at radius 3 is 2.68 bits per heavy atom. The fraction of sp³-hybridized carbons (Fsp3) is 0.500. The Morgan fingerprint density at radius 2 is 2.09 bits per heavy atom. The SMILES string of the molecule is CCN1Cc2cc(Cl)cc(C=N[S@@](=O)C(C)(C)C)c2CC1=O. The zero-order valence-electron chi connectivity index (χ0n) is 13.4. The van der Waals surface area contributed by atoms with Crippen LogP contribution in [-0.2, 0) is 28.7 Å². The zero-order valence-corrected chi connectivity index (χ0v) is 14.9. The Hall–Kier alpha value is -1.20. The Balaban J connectivity index is 2.38. The lowest BCUT2D eigenvalue weighted by atomic mass is 9.94. The number of amides is 1. The molecule has 4 nitrogen and oxygen atoms in total. The molecule has 0 spiro atoms. The molecule has 120 valence electrons. The van der Waals surface area contributed by atoms with Crippen LogP contribution in [-0.4, -0.2) is 32.5 Å². The van der Waals surface area contributed by atoms with Gasteiger partial charge in [-0.3, -0.25) is 4.79 Å². The number of hydrogen-bond acceptors (Lipinski definition) is 2. The smallest absolute Gasteiger partial charge is 0.227 e. The van der Waals surface area contributed by atoms with E-state index in [2.05, 4.69) is 4.40 Å². The summed E-state index contributed by atoms with van der Waals surface area (Å²) in [5, 5.41) is 0.604. The number of nitrogens with zero attached hydrogens (tertiary/aromatic N) is 2. The Morgan fingerprint density at radius 1 is 1.41 bits per heavy atom. The number of hydrogen-bond donors (Lipinski definition) is 0. The second kappa shape index (κ2) is 6.50. The van der Waals surface area contributed by atoms with E-state index >= 15 is 0 Å². The summed E-state index contributed by atoms with van der Waals surface area (Å²) < 4.78 is 15.8. The molecule has 0 aromatic heterocycles. The summed E-state index contributed by atoms with van der Waals surface area (Å²) >= 11 is 6.17. The number of halogens is 1. The van der Waals surface area contributed by atoms with Crippen LogP contribution in [0.2, 0.25) is 5.02 Å². The fourth-order valence-corrected chi connectivity index (χ4v) is 3.07. The number of likely N-dealkylation sites (N-methyl/N-ethyl adjacent to an activating group) is 1. The molecule has 22 heavy (non-hydrogen) atoms. The zero-order chi connectivity index (χ0) is 16.5. The van der Waals surface area contributed by atoms with E-state index in [9.17, 15) is 9.00 Å². The number of rotatable bonds is 3. The van der Waals surface area contributed by atoms with E-state index in [4.69, 9.17) is 11.6 Å². The number of carbonyl (C=O) groups is 1. The highest BCUT2D eigenvalue weighted by molar-refractivity contribution is 7.85. The van der Waals surface area contributed by atoms with E-state index in [0.717, 1.165) is 16.7 Å². The first-order valence-electron chi connectivity index (χ1n) is 7.27. The molecule has 1 aromatic rings. The first-order chi connectivity index (χ1) is 10.2. The molecule has 0 saturated heterocycles. The lowest BCUT2D eigenvalue weighted by Gasteiger charge is -2.28. The van der Waals surface area contributed by atoms with E-state index in [-0.39, 0.29) is 5.91 Å². The molecule has 1 aliphatic heterocycles. The van der Waals surface area contributed by atoms with Crippen molar-refractivity contribution in [3.63, 3.8) is 0 Å². The lowest BCUT2D eigenvalue weighted by molar-refractivity contribution is -0.131. The maximum atomic E-state index is 12.1. The summed E-state index contributed by atoms with van der Waals surface area (Å²) in [4.78, 5) is 13.9. The highest BCUT2D eigenvalue weighted by atomic mass is 35.5. The predicted molar refractivity (Wildman–Crippen MR) is 91.7 cm³/mol. The molecule has 1 heterocycles. The Labute approximate surface area is 139 Å². The van der Waals surface area contributed by atoms with E-state index < -0.39 is 15.7 Å². The monoisotopic (exact) mass is 340 g/mol. The molecule has 1 amide bonds. The number of fused-ring (bicyclic) bond motifs is 1. The maximum Gasteiger partial charge on any atom is 0.227 e. The van der Waals surface area contributed by atoms with Crippen molar-refractivity contribution < 1.29 is 9.00 Å². The highest BCUT2D eigenvalue weighted by Gasteiger charge is 2.24. The van der Waals surface area contributed by atoms with Crippen LogP contribution in [0.1, 0.15) is 44.4 Å². The van der Waals surface area contributed by atoms with Crippen LogP contribution >= 0.6 is 11.6 Å². The number of benzene rings is 1. The van der Waals surface area contributed by atoms with Gasteiger partial charge < -0.3 is 4.90 Å². The molecule has 1 atom stereocenters. The second-order valence-corrected chi connectivity index (χ2v) is 8.68. The third-order valence-corrected chi connectivity index (χ3v) is 5.14.